The van der Waals surface area contributed by atoms with Crippen LogP contribution in [0.15, 0.2) is 54.6 Å². The summed E-state index contributed by atoms with van der Waals surface area (Å²) in [6, 6.07) is 16.4. The Morgan fingerprint density at radius 3 is 2.48 bits per heavy atom. The molecule has 0 unspecified atom stereocenters. The third-order valence-corrected chi connectivity index (χ3v) is 3.35. The highest BCUT2D eigenvalue weighted by atomic mass is 32.1. The molecule has 0 aliphatic carbocycles. The van der Waals surface area contributed by atoms with E-state index in [-0.39, 0.29) is 5.82 Å². The van der Waals surface area contributed by atoms with E-state index >= 15 is 0 Å². The molecule has 0 atom stereocenters. The van der Waals surface area contributed by atoms with Crippen molar-refractivity contribution in [3.63, 3.8) is 0 Å². The molecule has 3 rings (SSSR count). The Balaban J connectivity index is 2.16. The summed E-state index contributed by atoms with van der Waals surface area (Å²) in [7, 11) is 0. The number of benzene rings is 2. The lowest BCUT2D eigenvalue weighted by Gasteiger charge is -2.07. The van der Waals surface area contributed by atoms with Crippen molar-refractivity contribution in [3.8, 4) is 22.6 Å². The standard InChI is InChI=1S/C17H13FN2S/c1-11-7-13(9-14(18)8-11)15-10-16(21)20-17(19-15)12-5-3-2-4-6-12/h2-10H,1H3,(H,19,20,21). The first kappa shape index (κ1) is 13.6. The number of nitrogens with zero attached hydrogens (tertiary/aromatic N) is 1. The number of nitrogens with one attached hydrogen (secondary N) is 1. The van der Waals surface area contributed by atoms with Crippen molar-refractivity contribution < 1.29 is 4.39 Å². The number of rotatable bonds is 2. The smallest absolute Gasteiger partial charge is 0.139 e. The molecule has 0 radical (unpaired) electrons. The van der Waals surface area contributed by atoms with Crippen LogP contribution >= 0.6 is 12.2 Å². The van der Waals surface area contributed by atoms with E-state index in [1.54, 1.807) is 6.07 Å². The zero-order valence-corrected chi connectivity index (χ0v) is 12.2. The second-order valence-electron chi connectivity index (χ2n) is 4.86. The first-order valence-corrected chi connectivity index (χ1v) is 6.97. The van der Waals surface area contributed by atoms with Crippen molar-refractivity contribution in [1.29, 1.82) is 0 Å². The Labute approximate surface area is 127 Å². The van der Waals surface area contributed by atoms with Crippen molar-refractivity contribution in [2.45, 2.75) is 6.92 Å². The van der Waals surface area contributed by atoms with Crippen molar-refractivity contribution in [1.82, 2.24) is 9.97 Å². The zero-order valence-electron chi connectivity index (χ0n) is 11.4. The first-order valence-electron chi connectivity index (χ1n) is 6.56. The average molecular weight is 296 g/mol. The monoisotopic (exact) mass is 296 g/mol. The van der Waals surface area contributed by atoms with Gasteiger partial charge in [0.25, 0.3) is 0 Å². The van der Waals surface area contributed by atoms with Crippen LogP contribution in [0.25, 0.3) is 22.6 Å². The van der Waals surface area contributed by atoms with Gasteiger partial charge < -0.3 is 4.98 Å². The molecule has 0 amide bonds. The largest absolute Gasteiger partial charge is 0.339 e. The highest BCUT2D eigenvalue weighted by molar-refractivity contribution is 7.71. The molecule has 0 saturated heterocycles. The van der Waals surface area contributed by atoms with E-state index in [0.29, 0.717) is 10.5 Å². The minimum absolute atomic E-state index is 0.262. The van der Waals surface area contributed by atoms with E-state index in [2.05, 4.69) is 9.97 Å². The molecule has 1 aromatic heterocycles. The van der Waals surface area contributed by atoms with Crippen LogP contribution in [-0.4, -0.2) is 9.97 Å². The van der Waals surface area contributed by atoms with Gasteiger partial charge in [0, 0.05) is 11.1 Å². The number of aryl methyl sites for hydroxylation is 1. The summed E-state index contributed by atoms with van der Waals surface area (Å²) in [5, 5.41) is 0. The molecule has 0 aliphatic rings. The van der Waals surface area contributed by atoms with Crippen LogP contribution in [0, 0.1) is 17.4 Å². The molecule has 4 heteroatoms. The molecule has 21 heavy (non-hydrogen) atoms. The van der Waals surface area contributed by atoms with Crippen LogP contribution in [0.1, 0.15) is 5.56 Å². The topological polar surface area (TPSA) is 28.7 Å². The second-order valence-corrected chi connectivity index (χ2v) is 5.28. The van der Waals surface area contributed by atoms with Gasteiger partial charge in [0.15, 0.2) is 0 Å². The fraction of sp³-hybridized carbons (Fsp3) is 0.0588. The van der Waals surface area contributed by atoms with Crippen molar-refractivity contribution in [2.24, 2.45) is 0 Å². The summed E-state index contributed by atoms with van der Waals surface area (Å²) in [6.07, 6.45) is 0. The lowest BCUT2D eigenvalue weighted by Crippen LogP contribution is -1.93. The summed E-state index contributed by atoms with van der Waals surface area (Å²) in [5.41, 5.74) is 3.33. The lowest BCUT2D eigenvalue weighted by atomic mass is 10.1. The van der Waals surface area contributed by atoms with Crippen LogP contribution in [0.5, 0.6) is 0 Å². The summed E-state index contributed by atoms with van der Waals surface area (Å²) in [6.45, 7) is 1.86. The predicted molar refractivity (Wildman–Crippen MR) is 85.0 cm³/mol. The molecule has 1 N–H and O–H groups in total. The molecule has 3 aromatic rings. The van der Waals surface area contributed by atoms with E-state index in [1.165, 1.54) is 12.1 Å². The Morgan fingerprint density at radius 2 is 1.76 bits per heavy atom. The molecule has 104 valence electrons. The molecule has 2 aromatic carbocycles. The van der Waals surface area contributed by atoms with Crippen LogP contribution in [0.2, 0.25) is 0 Å². The van der Waals surface area contributed by atoms with Gasteiger partial charge in [-0.25, -0.2) is 9.37 Å². The Hall–Kier alpha value is -2.33. The molecular formula is C17H13FN2S. The molecule has 2 nitrogen and oxygen atoms in total. The Kier molecular flexibility index (Phi) is 3.62. The van der Waals surface area contributed by atoms with E-state index in [0.717, 1.165) is 22.4 Å². The van der Waals surface area contributed by atoms with E-state index < -0.39 is 0 Å². The summed E-state index contributed by atoms with van der Waals surface area (Å²) < 4.78 is 14.1. The Bertz CT molecular complexity index is 821. The SMILES string of the molecule is Cc1cc(F)cc(-c2cc(=S)nc(-c3ccccc3)[nH]2)c1. The van der Waals surface area contributed by atoms with Gasteiger partial charge in [-0.1, -0.05) is 42.5 Å². The van der Waals surface area contributed by atoms with Crippen LogP contribution < -0.4 is 0 Å². The van der Waals surface area contributed by atoms with Gasteiger partial charge in [0.2, 0.25) is 0 Å². The van der Waals surface area contributed by atoms with Gasteiger partial charge in [-0.15, -0.1) is 0 Å². The average Bonchev–Trinajstić information content (AvgIpc) is 2.46. The maximum atomic E-state index is 13.6. The van der Waals surface area contributed by atoms with Gasteiger partial charge in [0.1, 0.15) is 16.3 Å². The van der Waals surface area contributed by atoms with Crippen molar-refractivity contribution >= 4 is 12.2 Å². The van der Waals surface area contributed by atoms with Crippen LogP contribution in [-0.2, 0) is 0 Å². The molecule has 0 aliphatic heterocycles. The van der Waals surface area contributed by atoms with Crippen LogP contribution in [0.3, 0.4) is 0 Å². The fourth-order valence-electron chi connectivity index (χ4n) is 2.24. The fourth-order valence-corrected chi connectivity index (χ4v) is 2.45. The van der Waals surface area contributed by atoms with Crippen molar-refractivity contribution in [2.75, 3.05) is 0 Å². The number of halogens is 1. The molecule has 0 spiro atoms. The third-order valence-electron chi connectivity index (χ3n) is 3.14. The van der Waals surface area contributed by atoms with Gasteiger partial charge in [-0.3, -0.25) is 0 Å². The van der Waals surface area contributed by atoms with E-state index in [9.17, 15) is 4.39 Å². The molecule has 0 fully saturated rings. The molecule has 0 saturated carbocycles. The highest BCUT2D eigenvalue weighted by Crippen LogP contribution is 2.23. The molecular weight excluding hydrogens is 283 g/mol. The minimum atomic E-state index is -0.262. The number of aromatic nitrogens is 2. The normalized spacial score (nSPS) is 10.6. The van der Waals surface area contributed by atoms with Gasteiger partial charge in [-0.2, -0.15) is 0 Å². The third kappa shape index (κ3) is 3.06. The maximum absolute atomic E-state index is 13.6. The minimum Gasteiger partial charge on any atom is -0.339 e. The quantitative estimate of drug-likeness (QED) is 0.680. The lowest BCUT2D eigenvalue weighted by molar-refractivity contribution is 0.627. The van der Waals surface area contributed by atoms with E-state index in [4.69, 9.17) is 12.2 Å². The maximum Gasteiger partial charge on any atom is 0.139 e. The zero-order chi connectivity index (χ0) is 14.8. The molecule has 1 heterocycles. The first-order chi connectivity index (χ1) is 10.1. The van der Waals surface area contributed by atoms with Gasteiger partial charge in [0.05, 0.1) is 5.69 Å². The number of H-pyrrole nitrogens is 1. The van der Waals surface area contributed by atoms with Crippen molar-refractivity contribution in [3.05, 3.63) is 70.6 Å². The van der Waals surface area contributed by atoms with Gasteiger partial charge in [-0.05, 0) is 36.8 Å². The van der Waals surface area contributed by atoms with Crippen LogP contribution in [0.4, 0.5) is 4.39 Å². The summed E-state index contributed by atoms with van der Waals surface area (Å²) >= 11 is 5.23. The summed E-state index contributed by atoms with van der Waals surface area (Å²) in [5.74, 6) is 0.419. The Morgan fingerprint density at radius 1 is 1.00 bits per heavy atom. The number of aromatic amines is 1. The highest BCUT2D eigenvalue weighted by Gasteiger charge is 2.06. The number of hydrogen-bond acceptors (Lipinski definition) is 2. The predicted octanol–water partition coefficient (Wildman–Crippen LogP) is 4.92. The van der Waals surface area contributed by atoms with Gasteiger partial charge >= 0.3 is 0 Å². The second kappa shape index (κ2) is 5.58. The number of hydrogen-bond donors (Lipinski definition) is 1. The summed E-state index contributed by atoms with van der Waals surface area (Å²) in [4.78, 5) is 7.57. The van der Waals surface area contributed by atoms with E-state index in [1.807, 2.05) is 43.3 Å². The molecule has 0 bridgehead atoms.